The molecule has 3 fully saturated rings. The molecular formula is C37H36N4O9. The van der Waals surface area contributed by atoms with Gasteiger partial charge in [-0.2, -0.15) is 0 Å². The van der Waals surface area contributed by atoms with Crippen LogP contribution in [0.2, 0.25) is 0 Å². The van der Waals surface area contributed by atoms with Crippen LogP contribution in [-0.2, 0) is 29.0 Å². The van der Waals surface area contributed by atoms with Crippen molar-refractivity contribution in [3.05, 3.63) is 140 Å². The number of benzene rings is 4. The maximum Gasteiger partial charge on any atom is 0.321 e. The first-order valence-corrected chi connectivity index (χ1v) is 16.3. The molecule has 5 atom stereocenters. The minimum Gasteiger partial charge on any atom is -0.508 e. The average Bonchev–Trinajstić information content (AvgIpc) is 3.75. The van der Waals surface area contributed by atoms with Crippen molar-refractivity contribution in [1.82, 2.24) is 9.80 Å². The zero-order valence-corrected chi connectivity index (χ0v) is 27.4. The lowest BCUT2D eigenvalue weighted by molar-refractivity contribution is -0.385. The largest absolute Gasteiger partial charge is 0.508 e. The standard InChI is InChI=1S/C37H36N4O9/c1-36(2)49-33-32(19-23-9-13-29(42)14-10-23)38(21-24-5-3-7-27(17-24)40(45)46)35(44)39(22-25-6-4-8-28(18-25)41(47)48)37(34(33)50-36)20-31(37)26-11-15-30(43)16-12-26/h3-18,31-34,42-43H,19-22H2,1-2H3/t31-,32-,33+,34-,37?/m1/s1. The van der Waals surface area contributed by atoms with Crippen molar-refractivity contribution >= 4 is 17.4 Å². The molecule has 2 aliphatic heterocycles. The van der Waals surface area contributed by atoms with E-state index in [1.165, 1.54) is 24.3 Å². The summed E-state index contributed by atoms with van der Waals surface area (Å²) in [7, 11) is 0. The fourth-order valence-corrected chi connectivity index (χ4v) is 7.67. The molecule has 0 aromatic heterocycles. The molecule has 1 spiro atoms. The molecule has 1 unspecified atom stereocenters. The highest BCUT2D eigenvalue weighted by atomic mass is 16.8. The van der Waals surface area contributed by atoms with Crippen molar-refractivity contribution in [3.8, 4) is 11.5 Å². The second kappa shape index (κ2) is 12.4. The SMILES string of the molecule is CC1(C)O[C@H]2[C@@H](Cc3ccc(O)cc3)N(Cc3cccc([N+](=O)[O-])c3)C(=O)N(Cc3cccc([N+](=O)[O-])c3)C3(C[C@@H]3c3ccc(O)cc3)[C@@H]2O1. The van der Waals surface area contributed by atoms with Gasteiger partial charge >= 0.3 is 6.03 Å². The Morgan fingerprint density at radius 2 is 1.34 bits per heavy atom. The molecule has 2 N–H and O–H groups in total. The minimum absolute atomic E-state index is 0.00165. The second-order valence-electron chi connectivity index (χ2n) is 13.6. The van der Waals surface area contributed by atoms with Crippen molar-refractivity contribution in [1.29, 1.82) is 0 Å². The van der Waals surface area contributed by atoms with Gasteiger partial charge in [0.1, 0.15) is 23.7 Å². The number of nitro groups is 2. The summed E-state index contributed by atoms with van der Waals surface area (Å²) < 4.78 is 13.5. The third kappa shape index (κ3) is 6.09. The van der Waals surface area contributed by atoms with E-state index in [1.807, 2.05) is 26.0 Å². The molecule has 50 heavy (non-hydrogen) atoms. The molecule has 2 amide bonds. The van der Waals surface area contributed by atoms with Crippen molar-refractivity contribution < 1.29 is 34.3 Å². The van der Waals surface area contributed by atoms with Crippen LogP contribution in [0.15, 0.2) is 97.1 Å². The minimum atomic E-state index is -1.05. The lowest BCUT2D eigenvalue weighted by Gasteiger charge is -2.38. The van der Waals surface area contributed by atoms with Gasteiger partial charge in [0.05, 0.1) is 21.4 Å². The molecule has 7 rings (SSSR count). The average molecular weight is 681 g/mol. The number of non-ortho nitro benzene ring substituents is 2. The van der Waals surface area contributed by atoms with E-state index in [2.05, 4.69) is 0 Å². The molecule has 1 saturated carbocycles. The zero-order valence-electron chi connectivity index (χ0n) is 27.4. The second-order valence-corrected chi connectivity index (χ2v) is 13.6. The van der Waals surface area contributed by atoms with Crippen LogP contribution in [-0.4, -0.2) is 65.5 Å². The highest BCUT2D eigenvalue weighted by Gasteiger charge is 2.72. The summed E-state index contributed by atoms with van der Waals surface area (Å²) in [5.41, 5.74) is 1.61. The number of aromatic hydroxyl groups is 2. The fourth-order valence-electron chi connectivity index (χ4n) is 7.67. The van der Waals surface area contributed by atoms with Crippen molar-refractivity contribution in [3.63, 3.8) is 0 Å². The van der Waals surface area contributed by atoms with E-state index in [4.69, 9.17) is 9.47 Å². The summed E-state index contributed by atoms with van der Waals surface area (Å²) in [4.78, 5) is 41.3. The van der Waals surface area contributed by atoms with Crippen LogP contribution in [0.4, 0.5) is 16.2 Å². The Balaban J connectivity index is 1.40. The summed E-state index contributed by atoms with van der Waals surface area (Å²) >= 11 is 0. The first-order valence-electron chi connectivity index (χ1n) is 16.3. The van der Waals surface area contributed by atoms with E-state index in [0.717, 1.165) is 11.1 Å². The van der Waals surface area contributed by atoms with Gasteiger partial charge in [-0.25, -0.2) is 4.79 Å². The van der Waals surface area contributed by atoms with Crippen molar-refractivity contribution in [2.45, 2.75) is 75.3 Å². The summed E-state index contributed by atoms with van der Waals surface area (Å²) in [5.74, 6) is -1.09. The lowest BCUT2D eigenvalue weighted by Crippen LogP contribution is -2.52. The number of rotatable bonds is 9. The predicted octanol–water partition coefficient (Wildman–Crippen LogP) is 6.41. The molecule has 13 nitrogen and oxygen atoms in total. The maximum absolute atomic E-state index is 15.3. The van der Waals surface area contributed by atoms with Gasteiger partial charge in [-0.05, 0) is 73.2 Å². The van der Waals surface area contributed by atoms with E-state index >= 15 is 4.79 Å². The Hall–Kier alpha value is -5.53. The van der Waals surface area contributed by atoms with E-state index in [0.29, 0.717) is 24.0 Å². The van der Waals surface area contributed by atoms with E-state index in [9.17, 15) is 30.4 Å². The smallest absolute Gasteiger partial charge is 0.321 e. The summed E-state index contributed by atoms with van der Waals surface area (Å²) in [6, 6.07) is 24.8. The Kier molecular flexibility index (Phi) is 8.19. The highest BCUT2D eigenvalue weighted by Crippen LogP contribution is 2.63. The van der Waals surface area contributed by atoms with E-state index in [-0.39, 0.29) is 47.9 Å². The summed E-state index contributed by atoms with van der Waals surface area (Å²) in [6.07, 6.45) is -0.517. The first-order chi connectivity index (χ1) is 23.8. The first kappa shape index (κ1) is 33.0. The van der Waals surface area contributed by atoms with Gasteiger partial charge in [-0.3, -0.25) is 20.2 Å². The Labute approximate surface area is 287 Å². The highest BCUT2D eigenvalue weighted by molar-refractivity contribution is 5.78. The zero-order chi connectivity index (χ0) is 35.4. The quantitative estimate of drug-likeness (QED) is 0.150. The van der Waals surface area contributed by atoms with Crippen LogP contribution in [0.1, 0.15) is 48.4 Å². The van der Waals surface area contributed by atoms with Crippen LogP contribution in [0.3, 0.4) is 0 Å². The summed E-state index contributed by atoms with van der Waals surface area (Å²) in [5, 5.41) is 43.6. The molecule has 4 aromatic rings. The predicted molar refractivity (Wildman–Crippen MR) is 180 cm³/mol. The van der Waals surface area contributed by atoms with Crippen molar-refractivity contribution in [2.24, 2.45) is 0 Å². The number of fused-ring (bicyclic) bond motifs is 2. The number of hydrogen-bond donors (Lipinski definition) is 2. The molecule has 2 saturated heterocycles. The molecule has 2 heterocycles. The summed E-state index contributed by atoms with van der Waals surface area (Å²) in [6.45, 7) is 3.66. The molecule has 1 aliphatic carbocycles. The van der Waals surface area contributed by atoms with Gasteiger partial charge in [0.25, 0.3) is 11.4 Å². The molecule has 3 aliphatic rings. The number of nitro benzene ring substituents is 2. The van der Waals surface area contributed by atoms with Gasteiger partial charge in [0, 0.05) is 43.3 Å². The molecule has 13 heteroatoms. The number of carbonyl (C=O) groups excluding carboxylic acids is 1. The third-order valence-corrected chi connectivity index (χ3v) is 9.97. The van der Waals surface area contributed by atoms with Gasteiger partial charge in [0.15, 0.2) is 5.79 Å². The number of nitrogens with zero attached hydrogens (tertiary/aromatic N) is 4. The van der Waals surface area contributed by atoms with E-state index < -0.39 is 39.4 Å². The van der Waals surface area contributed by atoms with Gasteiger partial charge < -0.3 is 29.5 Å². The fraction of sp³-hybridized carbons (Fsp3) is 0.324. The molecular weight excluding hydrogens is 644 g/mol. The van der Waals surface area contributed by atoms with Crippen LogP contribution in [0.25, 0.3) is 0 Å². The van der Waals surface area contributed by atoms with Crippen LogP contribution < -0.4 is 0 Å². The number of phenols is 2. The monoisotopic (exact) mass is 680 g/mol. The molecule has 258 valence electrons. The van der Waals surface area contributed by atoms with Crippen LogP contribution in [0, 0.1) is 20.2 Å². The number of phenolic OH excluding ortho intramolecular Hbond substituents is 2. The van der Waals surface area contributed by atoms with Gasteiger partial charge in [0.2, 0.25) is 0 Å². The van der Waals surface area contributed by atoms with Gasteiger partial charge in [-0.15, -0.1) is 0 Å². The molecule has 0 radical (unpaired) electrons. The number of ether oxygens (including phenoxy) is 2. The Morgan fingerprint density at radius 1 is 0.780 bits per heavy atom. The van der Waals surface area contributed by atoms with Crippen molar-refractivity contribution in [2.75, 3.05) is 0 Å². The number of amides is 2. The topological polar surface area (TPSA) is 169 Å². The number of urea groups is 1. The Bertz CT molecular complexity index is 1950. The van der Waals surface area contributed by atoms with Gasteiger partial charge in [-0.1, -0.05) is 48.5 Å². The molecule has 4 aromatic carbocycles. The van der Waals surface area contributed by atoms with Crippen LogP contribution in [0.5, 0.6) is 11.5 Å². The molecule has 0 bridgehead atoms. The third-order valence-electron chi connectivity index (χ3n) is 9.97. The normalized spacial score (nSPS) is 25.3. The number of hydrogen-bond acceptors (Lipinski definition) is 9. The lowest BCUT2D eigenvalue weighted by atomic mass is 9.90. The number of carbonyl (C=O) groups is 1. The maximum atomic E-state index is 15.3. The van der Waals surface area contributed by atoms with E-state index in [1.54, 1.807) is 70.5 Å². The Morgan fingerprint density at radius 3 is 1.92 bits per heavy atom. The van der Waals surface area contributed by atoms with Crippen LogP contribution >= 0.6 is 0 Å².